The van der Waals surface area contributed by atoms with Crippen LogP contribution in [0.2, 0.25) is 0 Å². The van der Waals surface area contributed by atoms with Crippen LogP contribution in [0.4, 0.5) is 0 Å². The summed E-state index contributed by atoms with van der Waals surface area (Å²) < 4.78 is 0. The van der Waals surface area contributed by atoms with Gasteiger partial charge in [0.25, 0.3) is 0 Å². The number of hydrogen-bond acceptors (Lipinski definition) is 0. The third-order valence-corrected chi connectivity index (χ3v) is 1.38. The first-order valence-corrected chi connectivity index (χ1v) is 4.97. The Bertz CT molecular complexity index is 250. The summed E-state index contributed by atoms with van der Waals surface area (Å²) in [5.74, 6) is 0. The van der Waals surface area contributed by atoms with E-state index in [4.69, 9.17) is 0 Å². The molecule has 0 nitrogen and oxygen atoms in total. The van der Waals surface area contributed by atoms with Crippen molar-refractivity contribution in [1.82, 2.24) is 0 Å². The van der Waals surface area contributed by atoms with Crippen molar-refractivity contribution in [3.05, 3.63) is 98.1 Å². The molecule has 0 N–H and O–H groups in total. The first-order valence-electron chi connectivity index (χ1n) is 4.97. The maximum absolute atomic E-state index is 3.36. The predicted octanol–water partition coefficient (Wildman–Crippen LogP) is 4.33. The van der Waals surface area contributed by atoms with E-state index in [0.717, 1.165) is 0 Å². The Morgan fingerprint density at radius 3 is 0.941 bits per heavy atom. The zero-order chi connectivity index (χ0) is 11.9. The largest absolute Gasteiger partial charge is 0.184 e. The normalized spacial score (nSPS) is 6.82. The van der Waals surface area contributed by atoms with E-state index in [9.17, 15) is 0 Å². The van der Waals surface area contributed by atoms with Crippen molar-refractivity contribution in [2.45, 2.75) is 0 Å². The van der Waals surface area contributed by atoms with Gasteiger partial charge in [0.15, 0.2) is 0 Å². The van der Waals surface area contributed by atoms with E-state index in [1.54, 1.807) is 12.2 Å². The quantitative estimate of drug-likeness (QED) is 0.526. The minimum absolute atomic E-state index is 0. The standard InChI is InChI=1S/2C6H5.C4H6.Sm/c2*1-2-4-6-5-3-1;1-3-4-2;/h2*1-5H;3-4H,1-2H2;/q2*-1;;. The Balaban J connectivity index is 0. The van der Waals surface area contributed by atoms with Crippen LogP contribution in [-0.4, -0.2) is 0 Å². The second-order valence-electron chi connectivity index (χ2n) is 2.63. The first kappa shape index (κ1) is 18.6. The summed E-state index contributed by atoms with van der Waals surface area (Å²) in [7, 11) is 0. The Morgan fingerprint density at radius 1 is 0.588 bits per heavy atom. The molecular weight excluding hydrogens is 343 g/mol. The molecule has 0 radical (unpaired) electrons. The predicted molar refractivity (Wildman–Crippen MR) is 71.0 cm³/mol. The monoisotopic (exact) mass is 360 g/mol. The molecule has 0 unspecified atom stereocenters. The summed E-state index contributed by atoms with van der Waals surface area (Å²) in [6, 6.07) is 25.0. The van der Waals surface area contributed by atoms with Crippen LogP contribution in [0, 0.1) is 52.5 Å². The number of allylic oxidation sites excluding steroid dienone is 2. The van der Waals surface area contributed by atoms with E-state index in [1.165, 1.54) is 0 Å². The molecule has 0 heterocycles. The summed E-state index contributed by atoms with van der Waals surface area (Å²) in [6.45, 7) is 6.72. The third-order valence-electron chi connectivity index (χ3n) is 1.38. The molecule has 0 bridgehead atoms. The molecule has 2 aromatic rings. The van der Waals surface area contributed by atoms with E-state index in [-0.39, 0.29) is 40.4 Å². The van der Waals surface area contributed by atoms with Gasteiger partial charge in [-0.05, 0) is 0 Å². The molecule has 1 heteroatoms. The average molecular weight is 359 g/mol. The molecule has 0 fully saturated rings. The van der Waals surface area contributed by atoms with E-state index in [2.05, 4.69) is 25.3 Å². The molecule has 0 aliphatic rings. The van der Waals surface area contributed by atoms with Gasteiger partial charge in [-0.2, -0.15) is 72.8 Å². The van der Waals surface area contributed by atoms with Gasteiger partial charge in [-0.3, -0.25) is 0 Å². The number of rotatable bonds is 1. The van der Waals surface area contributed by atoms with Gasteiger partial charge in [0.05, 0.1) is 0 Å². The maximum Gasteiger partial charge on any atom is 0 e. The van der Waals surface area contributed by atoms with E-state index >= 15 is 0 Å². The summed E-state index contributed by atoms with van der Waals surface area (Å²) in [5.41, 5.74) is 0. The molecule has 0 aliphatic carbocycles. The third kappa shape index (κ3) is 17.8. The molecular formula is C16H16Sm-2. The van der Waals surface area contributed by atoms with Crippen molar-refractivity contribution in [3.63, 3.8) is 0 Å². The van der Waals surface area contributed by atoms with Crippen LogP contribution in [0.1, 0.15) is 0 Å². The summed E-state index contributed by atoms with van der Waals surface area (Å²) in [6.07, 6.45) is 3.28. The fourth-order valence-corrected chi connectivity index (χ4v) is 0.684. The molecule has 88 valence electrons. The van der Waals surface area contributed by atoms with Crippen molar-refractivity contribution in [3.8, 4) is 0 Å². The van der Waals surface area contributed by atoms with Gasteiger partial charge < -0.3 is 0 Å². The van der Waals surface area contributed by atoms with Gasteiger partial charge in [-0.15, -0.1) is 0 Å². The van der Waals surface area contributed by atoms with Crippen LogP contribution in [-0.2, 0) is 0 Å². The maximum atomic E-state index is 3.36. The summed E-state index contributed by atoms with van der Waals surface area (Å²) >= 11 is 0. The molecule has 2 rings (SSSR count). The van der Waals surface area contributed by atoms with Crippen LogP contribution in [0.3, 0.4) is 0 Å². The van der Waals surface area contributed by atoms with Gasteiger partial charge in [0.2, 0.25) is 0 Å². The average Bonchev–Trinajstić information content (AvgIpc) is 2.44. The Hall–Kier alpha value is -0.742. The van der Waals surface area contributed by atoms with Gasteiger partial charge >= 0.3 is 0 Å². The SMILES string of the molecule is C=CC=C.[Sm].[c-]1ccccc1.[c-]1ccccc1. The second kappa shape index (κ2) is 17.6. The molecule has 0 amide bonds. The number of hydrogen-bond donors (Lipinski definition) is 0. The van der Waals surface area contributed by atoms with E-state index < -0.39 is 0 Å². The molecule has 0 aliphatic heterocycles. The summed E-state index contributed by atoms with van der Waals surface area (Å²) in [4.78, 5) is 0. The van der Waals surface area contributed by atoms with Crippen LogP contribution < -0.4 is 0 Å². The Kier molecular flexibility index (Phi) is 19.3. The molecule has 0 spiro atoms. The van der Waals surface area contributed by atoms with Crippen molar-refractivity contribution >= 4 is 0 Å². The molecule has 17 heavy (non-hydrogen) atoms. The van der Waals surface area contributed by atoms with Crippen molar-refractivity contribution in [1.29, 1.82) is 0 Å². The minimum atomic E-state index is 0. The second-order valence-corrected chi connectivity index (χ2v) is 2.63. The topological polar surface area (TPSA) is 0 Å². The van der Waals surface area contributed by atoms with Crippen molar-refractivity contribution in [2.75, 3.05) is 0 Å². The zero-order valence-corrected chi connectivity index (χ0v) is 12.4. The molecule has 2 aromatic carbocycles. The van der Waals surface area contributed by atoms with E-state index in [0.29, 0.717) is 0 Å². The van der Waals surface area contributed by atoms with Crippen LogP contribution in [0.25, 0.3) is 0 Å². The van der Waals surface area contributed by atoms with Gasteiger partial charge in [-0.25, -0.2) is 0 Å². The van der Waals surface area contributed by atoms with Crippen LogP contribution >= 0.6 is 0 Å². The van der Waals surface area contributed by atoms with E-state index in [1.807, 2.05) is 60.7 Å². The van der Waals surface area contributed by atoms with Crippen LogP contribution in [0.15, 0.2) is 86.0 Å². The molecule has 0 aromatic heterocycles. The first-order chi connectivity index (χ1) is 7.91. The fourth-order valence-electron chi connectivity index (χ4n) is 0.684. The van der Waals surface area contributed by atoms with Gasteiger partial charge in [-0.1, -0.05) is 25.3 Å². The summed E-state index contributed by atoms with van der Waals surface area (Å²) in [5, 5.41) is 0. The van der Waals surface area contributed by atoms with Gasteiger partial charge in [0.1, 0.15) is 0 Å². The minimum Gasteiger partial charge on any atom is -0.184 e. The van der Waals surface area contributed by atoms with Gasteiger partial charge in [0, 0.05) is 40.4 Å². The molecule has 0 atom stereocenters. The van der Waals surface area contributed by atoms with Crippen molar-refractivity contribution < 1.29 is 40.4 Å². The fraction of sp³-hybridized carbons (Fsp3) is 0. The Labute approximate surface area is 137 Å². The molecule has 0 saturated heterocycles. The van der Waals surface area contributed by atoms with Crippen molar-refractivity contribution in [2.24, 2.45) is 0 Å². The Morgan fingerprint density at radius 2 is 0.882 bits per heavy atom. The smallest absolute Gasteiger partial charge is 0 e. The zero-order valence-electron chi connectivity index (χ0n) is 9.75. The molecule has 0 saturated carbocycles. The number of benzene rings is 2. The van der Waals surface area contributed by atoms with Crippen LogP contribution in [0.5, 0.6) is 0 Å².